The maximum atomic E-state index is 14.2. The standard InChI is InChI=1S/C18H23FN2O3/c1-18(16(22)24-2,14-5-3-4-6-15(14)19)11-20-17(23)21-10-12-7-8-13(21)9-12/h3-6,12-13H,7-11H2,1-2H3,(H,20,23). The third-order valence-electron chi connectivity index (χ3n) is 5.37. The number of fused-ring (bicyclic) bond motifs is 2. The van der Waals surface area contributed by atoms with Crippen LogP contribution in [-0.2, 0) is 14.9 Å². The van der Waals surface area contributed by atoms with Crippen LogP contribution in [0.25, 0.3) is 0 Å². The van der Waals surface area contributed by atoms with Gasteiger partial charge in [-0.15, -0.1) is 0 Å². The highest BCUT2D eigenvalue weighted by atomic mass is 19.1. The summed E-state index contributed by atoms with van der Waals surface area (Å²) in [5.74, 6) is -0.463. The molecule has 5 nitrogen and oxygen atoms in total. The number of likely N-dealkylation sites (tertiary alicyclic amines) is 1. The first-order valence-corrected chi connectivity index (χ1v) is 8.33. The third-order valence-corrected chi connectivity index (χ3v) is 5.37. The summed E-state index contributed by atoms with van der Waals surface area (Å²) in [5.41, 5.74) is -1.05. The summed E-state index contributed by atoms with van der Waals surface area (Å²) in [5, 5.41) is 2.81. The van der Waals surface area contributed by atoms with Gasteiger partial charge in [0.05, 0.1) is 7.11 Å². The van der Waals surface area contributed by atoms with Crippen LogP contribution in [0.3, 0.4) is 0 Å². The van der Waals surface area contributed by atoms with Crippen molar-refractivity contribution < 1.29 is 18.7 Å². The molecule has 2 aliphatic rings. The van der Waals surface area contributed by atoms with E-state index in [4.69, 9.17) is 4.74 Å². The summed E-state index contributed by atoms with van der Waals surface area (Å²) in [6.07, 6.45) is 3.29. The lowest BCUT2D eigenvalue weighted by molar-refractivity contribution is -0.146. The fourth-order valence-corrected chi connectivity index (χ4v) is 3.94. The van der Waals surface area contributed by atoms with Crippen LogP contribution in [-0.4, -0.2) is 43.1 Å². The molecule has 3 unspecified atom stereocenters. The molecule has 1 aliphatic carbocycles. The molecule has 24 heavy (non-hydrogen) atoms. The van der Waals surface area contributed by atoms with Gasteiger partial charge < -0.3 is 15.0 Å². The van der Waals surface area contributed by atoms with Gasteiger partial charge in [0, 0.05) is 24.7 Å². The number of methoxy groups -OCH3 is 1. The Labute approximate surface area is 141 Å². The van der Waals surface area contributed by atoms with Crippen LogP contribution in [0.2, 0.25) is 0 Å². The quantitative estimate of drug-likeness (QED) is 0.861. The van der Waals surface area contributed by atoms with Crippen molar-refractivity contribution in [3.63, 3.8) is 0 Å². The van der Waals surface area contributed by atoms with Crippen molar-refractivity contribution in [1.29, 1.82) is 0 Å². The highest BCUT2D eigenvalue weighted by Gasteiger charge is 2.42. The van der Waals surface area contributed by atoms with E-state index in [-0.39, 0.29) is 18.1 Å². The number of hydrogen-bond donors (Lipinski definition) is 1. The normalized spacial score (nSPS) is 24.5. The summed E-state index contributed by atoms with van der Waals surface area (Å²) >= 11 is 0. The highest BCUT2D eigenvalue weighted by Crippen LogP contribution is 2.37. The van der Waals surface area contributed by atoms with Crippen LogP contribution in [0.5, 0.6) is 0 Å². The first-order valence-electron chi connectivity index (χ1n) is 8.33. The van der Waals surface area contributed by atoms with Crippen LogP contribution in [0, 0.1) is 11.7 Å². The van der Waals surface area contributed by atoms with Crippen molar-refractivity contribution in [2.45, 2.75) is 37.6 Å². The lowest BCUT2D eigenvalue weighted by Gasteiger charge is -2.31. The number of nitrogens with zero attached hydrogens (tertiary/aromatic N) is 1. The first-order chi connectivity index (χ1) is 11.5. The molecule has 1 N–H and O–H groups in total. The van der Waals surface area contributed by atoms with Crippen molar-refractivity contribution in [1.82, 2.24) is 10.2 Å². The minimum Gasteiger partial charge on any atom is -0.468 e. The van der Waals surface area contributed by atoms with Crippen LogP contribution in [0.4, 0.5) is 9.18 Å². The van der Waals surface area contributed by atoms with E-state index in [2.05, 4.69) is 5.32 Å². The number of carbonyl (C=O) groups excluding carboxylic acids is 2. The average molecular weight is 334 g/mol. The Morgan fingerprint density at radius 1 is 1.38 bits per heavy atom. The Kier molecular flexibility index (Phi) is 4.47. The topological polar surface area (TPSA) is 58.6 Å². The molecular formula is C18H23FN2O3. The number of ether oxygens (including phenoxy) is 1. The second kappa shape index (κ2) is 6.42. The van der Waals surface area contributed by atoms with Crippen molar-refractivity contribution in [3.05, 3.63) is 35.6 Å². The zero-order valence-electron chi connectivity index (χ0n) is 14.0. The van der Waals surface area contributed by atoms with Gasteiger partial charge in [-0.3, -0.25) is 4.79 Å². The monoisotopic (exact) mass is 334 g/mol. The fourth-order valence-electron chi connectivity index (χ4n) is 3.94. The van der Waals surface area contributed by atoms with E-state index in [0.717, 1.165) is 19.4 Å². The first kappa shape index (κ1) is 16.7. The molecule has 1 aromatic carbocycles. The van der Waals surface area contributed by atoms with Gasteiger partial charge in [0.25, 0.3) is 0 Å². The number of hydrogen-bond acceptors (Lipinski definition) is 3. The number of carbonyl (C=O) groups is 2. The molecule has 0 radical (unpaired) electrons. The zero-order valence-corrected chi connectivity index (χ0v) is 14.0. The summed E-state index contributed by atoms with van der Waals surface area (Å²) in [6, 6.07) is 6.20. The van der Waals surface area contributed by atoms with Gasteiger partial charge in [-0.2, -0.15) is 0 Å². The predicted molar refractivity (Wildman–Crippen MR) is 87.0 cm³/mol. The van der Waals surface area contributed by atoms with Gasteiger partial charge in [-0.25, -0.2) is 9.18 Å². The Morgan fingerprint density at radius 2 is 2.12 bits per heavy atom. The number of benzene rings is 1. The van der Waals surface area contributed by atoms with Gasteiger partial charge in [0.2, 0.25) is 0 Å². The smallest absolute Gasteiger partial charge is 0.317 e. The fraction of sp³-hybridized carbons (Fsp3) is 0.556. The maximum absolute atomic E-state index is 14.2. The molecule has 2 bridgehead atoms. The summed E-state index contributed by atoms with van der Waals surface area (Å²) in [4.78, 5) is 26.6. The molecule has 1 aromatic rings. The number of halogens is 1. The van der Waals surface area contributed by atoms with E-state index in [1.54, 1.807) is 25.1 Å². The van der Waals surface area contributed by atoms with Crippen LogP contribution in [0.15, 0.2) is 24.3 Å². The van der Waals surface area contributed by atoms with Crippen LogP contribution in [0.1, 0.15) is 31.7 Å². The number of nitrogens with one attached hydrogen (secondary N) is 1. The number of amides is 2. The average Bonchev–Trinajstić information content (AvgIpc) is 3.22. The number of esters is 1. The Hall–Kier alpha value is -2.11. The third kappa shape index (κ3) is 2.85. The van der Waals surface area contributed by atoms with Gasteiger partial charge in [0.1, 0.15) is 11.2 Å². The Bertz CT molecular complexity index is 651. The molecule has 3 atom stereocenters. The highest BCUT2D eigenvalue weighted by molar-refractivity contribution is 5.84. The molecule has 130 valence electrons. The molecule has 1 heterocycles. The van der Waals surface area contributed by atoms with Crippen LogP contribution < -0.4 is 5.32 Å². The van der Waals surface area contributed by atoms with Crippen LogP contribution >= 0.6 is 0 Å². The van der Waals surface area contributed by atoms with E-state index in [0.29, 0.717) is 12.0 Å². The van der Waals surface area contributed by atoms with Crippen molar-refractivity contribution in [2.24, 2.45) is 5.92 Å². The second-order valence-corrected chi connectivity index (χ2v) is 6.95. The lowest BCUT2D eigenvalue weighted by Crippen LogP contribution is -2.51. The molecule has 3 rings (SSSR count). The molecule has 6 heteroatoms. The molecule has 1 saturated heterocycles. The SMILES string of the molecule is COC(=O)C(C)(CNC(=O)N1CC2CCC1C2)c1ccccc1F. The number of piperidine rings is 1. The van der Waals surface area contributed by atoms with Crippen molar-refractivity contribution >= 4 is 12.0 Å². The van der Waals surface area contributed by atoms with Crippen molar-refractivity contribution in [3.8, 4) is 0 Å². The van der Waals surface area contributed by atoms with E-state index in [1.807, 2.05) is 4.90 Å². The van der Waals surface area contributed by atoms with Gasteiger partial charge in [-0.1, -0.05) is 18.2 Å². The molecule has 1 saturated carbocycles. The van der Waals surface area contributed by atoms with Gasteiger partial charge in [-0.05, 0) is 38.2 Å². The zero-order chi connectivity index (χ0) is 17.3. The molecule has 2 amide bonds. The second-order valence-electron chi connectivity index (χ2n) is 6.95. The molecule has 0 spiro atoms. The predicted octanol–water partition coefficient (Wildman–Crippen LogP) is 2.45. The molecule has 0 aromatic heterocycles. The number of urea groups is 1. The van der Waals surface area contributed by atoms with E-state index in [1.165, 1.54) is 19.6 Å². The summed E-state index contributed by atoms with van der Waals surface area (Å²) in [7, 11) is 1.27. The van der Waals surface area contributed by atoms with Gasteiger partial charge >= 0.3 is 12.0 Å². The summed E-state index contributed by atoms with van der Waals surface area (Å²) in [6.45, 7) is 2.35. The Morgan fingerprint density at radius 3 is 2.71 bits per heavy atom. The van der Waals surface area contributed by atoms with Crippen molar-refractivity contribution in [2.75, 3.05) is 20.2 Å². The Balaban J connectivity index is 1.74. The van der Waals surface area contributed by atoms with E-state index < -0.39 is 17.2 Å². The molecule has 1 aliphatic heterocycles. The van der Waals surface area contributed by atoms with E-state index >= 15 is 0 Å². The minimum absolute atomic E-state index is 0.00662. The summed E-state index contributed by atoms with van der Waals surface area (Å²) < 4.78 is 19.1. The van der Waals surface area contributed by atoms with E-state index in [9.17, 15) is 14.0 Å². The largest absolute Gasteiger partial charge is 0.468 e. The van der Waals surface area contributed by atoms with Gasteiger partial charge in [0.15, 0.2) is 0 Å². The minimum atomic E-state index is -1.27. The molecule has 2 fully saturated rings. The molecular weight excluding hydrogens is 311 g/mol. The number of rotatable bonds is 4. The lowest BCUT2D eigenvalue weighted by atomic mass is 9.82. The maximum Gasteiger partial charge on any atom is 0.317 e.